The second kappa shape index (κ2) is 12.6. The SMILES string of the molecule is CCOc1ccc([C@@H]2/C(=C(\O)c3ccc4c(c3)C[C@@H](C)O4)C(=O)C(=O)N2CCCN(CC)CC)cc1OCC. The van der Waals surface area contributed by atoms with E-state index in [1.165, 1.54) is 0 Å². The number of hydrogen-bond acceptors (Lipinski definition) is 7. The van der Waals surface area contributed by atoms with Crippen molar-refractivity contribution in [3.63, 3.8) is 0 Å². The zero-order chi connectivity index (χ0) is 28.1. The van der Waals surface area contributed by atoms with Crippen LogP contribution in [0, 0.1) is 0 Å². The number of Topliss-reactive ketones (excluding diaryl/α,β-unsaturated/α-hetero) is 1. The van der Waals surface area contributed by atoms with E-state index in [1.54, 1.807) is 17.0 Å². The van der Waals surface area contributed by atoms with Crippen LogP contribution >= 0.6 is 0 Å². The molecule has 2 heterocycles. The van der Waals surface area contributed by atoms with Crippen molar-refractivity contribution in [1.82, 2.24) is 9.80 Å². The monoisotopic (exact) mass is 536 g/mol. The quantitative estimate of drug-likeness (QED) is 0.233. The van der Waals surface area contributed by atoms with E-state index in [9.17, 15) is 14.7 Å². The van der Waals surface area contributed by atoms with Gasteiger partial charge < -0.3 is 29.1 Å². The van der Waals surface area contributed by atoms with Crippen LogP contribution in [0.1, 0.15) is 63.8 Å². The number of carbonyl (C=O) groups excluding carboxylic acids is 2. The third-order valence-electron chi connectivity index (χ3n) is 7.36. The summed E-state index contributed by atoms with van der Waals surface area (Å²) in [6.07, 6.45) is 1.47. The van der Waals surface area contributed by atoms with E-state index < -0.39 is 17.7 Å². The Morgan fingerprint density at radius 2 is 1.74 bits per heavy atom. The van der Waals surface area contributed by atoms with Gasteiger partial charge in [-0.15, -0.1) is 0 Å². The van der Waals surface area contributed by atoms with E-state index in [0.29, 0.717) is 48.8 Å². The molecule has 4 rings (SSSR count). The second-order valence-electron chi connectivity index (χ2n) is 9.90. The van der Waals surface area contributed by atoms with Gasteiger partial charge in [0, 0.05) is 18.5 Å². The van der Waals surface area contributed by atoms with Gasteiger partial charge in [-0.25, -0.2) is 0 Å². The summed E-state index contributed by atoms with van der Waals surface area (Å²) in [4.78, 5) is 30.8. The first-order valence-electron chi connectivity index (χ1n) is 14.0. The summed E-state index contributed by atoms with van der Waals surface area (Å²) < 4.78 is 17.4. The minimum atomic E-state index is -0.750. The summed E-state index contributed by atoms with van der Waals surface area (Å²) in [6, 6.07) is 10.1. The number of nitrogens with zero attached hydrogens (tertiary/aromatic N) is 2. The summed E-state index contributed by atoms with van der Waals surface area (Å²) in [6.45, 7) is 13.9. The average Bonchev–Trinajstić information content (AvgIpc) is 3.42. The van der Waals surface area contributed by atoms with Crippen LogP contribution in [0.2, 0.25) is 0 Å². The standard InChI is InChI=1S/C31H40N2O6/c1-6-32(7-2)15-10-16-33-28(21-11-14-25(37-8-3)26(19-21)38-9-4)27(30(35)31(33)36)29(34)22-12-13-24-23(18-22)17-20(5)39-24/h11-14,18-20,28,34H,6-10,15-17H2,1-5H3/b29-27+/t20-,28-/m1/s1. The van der Waals surface area contributed by atoms with Gasteiger partial charge in [0.2, 0.25) is 0 Å². The van der Waals surface area contributed by atoms with Gasteiger partial charge in [-0.3, -0.25) is 9.59 Å². The van der Waals surface area contributed by atoms with Crippen LogP contribution in [0.15, 0.2) is 42.0 Å². The van der Waals surface area contributed by atoms with Gasteiger partial charge in [0.05, 0.1) is 24.8 Å². The van der Waals surface area contributed by atoms with Crippen molar-refractivity contribution in [2.75, 3.05) is 39.4 Å². The second-order valence-corrected chi connectivity index (χ2v) is 9.90. The Balaban J connectivity index is 1.78. The lowest BCUT2D eigenvalue weighted by atomic mass is 9.94. The molecule has 0 spiro atoms. The first-order chi connectivity index (χ1) is 18.8. The molecule has 2 aromatic carbocycles. The number of ketones is 1. The molecule has 39 heavy (non-hydrogen) atoms. The molecule has 0 unspecified atom stereocenters. The first kappa shape index (κ1) is 28.5. The minimum Gasteiger partial charge on any atom is -0.507 e. The van der Waals surface area contributed by atoms with Crippen molar-refractivity contribution in [3.8, 4) is 17.2 Å². The van der Waals surface area contributed by atoms with Crippen LogP contribution in [0.25, 0.3) is 5.76 Å². The van der Waals surface area contributed by atoms with E-state index in [2.05, 4.69) is 18.7 Å². The maximum atomic E-state index is 13.5. The summed E-state index contributed by atoms with van der Waals surface area (Å²) in [7, 11) is 0. The topological polar surface area (TPSA) is 88.5 Å². The van der Waals surface area contributed by atoms with Gasteiger partial charge >= 0.3 is 0 Å². The molecular formula is C31H40N2O6. The van der Waals surface area contributed by atoms with E-state index >= 15 is 0 Å². The number of amides is 1. The molecule has 1 saturated heterocycles. The summed E-state index contributed by atoms with van der Waals surface area (Å²) in [5, 5.41) is 11.5. The lowest BCUT2D eigenvalue weighted by Crippen LogP contribution is -2.33. The molecule has 1 fully saturated rings. The fraction of sp³-hybridized carbons (Fsp3) is 0.484. The largest absolute Gasteiger partial charge is 0.507 e. The Kier molecular flexibility index (Phi) is 9.17. The maximum Gasteiger partial charge on any atom is 0.295 e. The Morgan fingerprint density at radius 1 is 1.03 bits per heavy atom. The highest BCUT2D eigenvalue weighted by Gasteiger charge is 2.46. The maximum absolute atomic E-state index is 13.5. The molecule has 8 nitrogen and oxygen atoms in total. The lowest BCUT2D eigenvalue weighted by Gasteiger charge is -2.27. The molecule has 2 aliphatic heterocycles. The van der Waals surface area contributed by atoms with E-state index in [4.69, 9.17) is 14.2 Å². The number of ether oxygens (including phenoxy) is 3. The normalized spacial score (nSPS) is 19.9. The number of fused-ring (bicyclic) bond motifs is 1. The van der Waals surface area contributed by atoms with Crippen LogP contribution in [-0.2, 0) is 16.0 Å². The molecule has 2 aliphatic rings. The Labute approximate surface area is 231 Å². The smallest absolute Gasteiger partial charge is 0.295 e. The summed E-state index contributed by atoms with van der Waals surface area (Å²) >= 11 is 0. The number of carbonyl (C=O) groups is 2. The molecule has 2 atom stereocenters. The zero-order valence-electron chi connectivity index (χ0n) is 23.7. The van der Waals surface area contributed by atoms with Gasteiger partial charge in [-0.2, -0.15) is 0 Å². The average molecular weight is 537 g/mol. The fourth-order valence-electron chi connectivity index (χ4n) is 5.42. The molecular weight excluding hydrogens is 496 g/mol. The Bertz CT molecular complexity index is 1240. The van der Waals surface area contributed by atoms with Crippen LogP contribution < -0.4 is 14.2 Å². The van der Waals surface area contributed by atoms with Crippen LogP contribution in [0.4, 0.5) is 0 Å². The number of benzene rings is 2. The molecule has 0 saturated carbocycles. The summed E-state index contributed by atoms with van der Waals surface area (Å²) in [5.74, 6) is 0.436. The van der Waals surface area contributed by atoms with Gasteiger partial charge in [0.15, 0.2) is 11.5 Å². The number of likely N-dealkylation sites (tertiary alicyclic amines) is 1. The van der Waals surface area contributed by atoms with E-state index in [1.807, 2.05) is 45.0 Å². The molecule has 1 N–H and O–H groups in total. The van der Waals surface area contributed by atoms with Gasteiger partial charge in [0.1, 0.15) is 17.6 Å². The Hall–Kier alpha value is -3.52. The molecule has 0 radical (unpaired) electrons. The highest BCUT2D eigenvalue weighted by molar-refractivity contribution is 6.46. The fourth-order valence-corrected chi connectivity index (χ4v) is 5.42. The summed E-state index contributed by atoms with van der Waals surface area (Å²) in [5.41, 5.74) is 2.23. The van der Waals surface area contributed by atoms with Crippen LogP contribution in [0.3, 0.4) is 0 Å². The third-order valence-corrected chi connectivity index (χ3v) is 7.36. The van der Waals surface area contributed by atoms with E-state index in [0.717, 1.165) is 37.4 Å². The predicted molar refractivity (Wildman–Crippen MR) is 150 cm³/mol. The lowest BCUT2D eigenvalue weighted by molar-refractivity contribution is -0.140. The molecule has 210 valence electrons. The number of rotatable bonds is 12. The van der Waals surface area contributed by atoms with Gasteiger partial charge in [-0.05, 0) is 88.3 Å². The number of aliphatic hydroxyl groups is 1. The third kappa shape index (κ3) is 5.91. The van der Waals surface area contributed by atoms with Crippen molar-refractivity contribution in [3.05, 3.63) is 58.7 Å². The van der Waals surface area contributed by atoms with Crippen LogP contribution in [-0.4, -0.2) is 72.1 Å². The highest BCUT2D eigenvalue weighted by atomic mass is 16.5. The molecule has 1 amide bonds. The molecule has 0 bridgehead atoms. The zero-order valence-corrected chi connectivity index (χ0v) is 23.7. The van der Waals surface area contributed by atoms with Gasteiger partial charge in [-0.1, -0.05) is 19.9 Å². The molecule has 0 aromatic heterocycles. The first-order valence-corrected chi connectivity index (χ1v) is 14.0. The number of aliphatic hydroxyl groups excluding tert-OH is 1. The van der Waals surface area contributed by atoms with Crippen molar-refractivity contribution in [1.29, 1.82) is 0 Å². The molecule has 8 heteroatoms. The van der Waals surface area contributed by atoms with Crippen molar-refractivity contribution >= 4 is 17.4 Å². The molecule has 2 aromatic rings. The van der Waals surface area contributed by atoms with Crippen molar-refractivity contribution < 1.29 is 28.9 Å². The van der Waals surface area contributed by atoms with Crippen LogP contribution in [0.5, 0.6) is 17.2 Å². The molecule has 0 aliphatic carbocycles. The minimum absolute atomic E-state index is 0.0506. The highest BCUT2D eigenvalue weighted by Crippen LogP contribution is 2.43. The van der Waals surface area contributed by atoms with Crippen molar-refractivity contribution in [2.24, 2.45) is 0 Å². The predicted octanol–water partition coefficient (Wildman–Crippen LogP) is 4.96. The van der Waals surface area contributed by atoms with Gasteiger partial charge in [0.25, 0.3) is 11.7 Å². The van der Waals surface area contributed by atoms with Crippen molar-refractivity contribution in [2.45, 2.75) is 59.6 Å². The number of hydrogen-bond donors (Lipinski definition) is 1. The van der Waals surface area contributed by atoms with E-state index in [-0.39, 0.29) is 17.4 Å². The Morgan fingerprint density at radius 3 is 2.44 bits per heavy atom.